The van der Waals surface area contributed by atoms with E-state index in [4.69, 9.17) is 21.2 Å². The van der Waals surface area contributed by atoms with Gasteiger partial charge in [-0.25, -0.2) is 0 Å². The maximum absolute atomic E-state index is 10.9. The van der Waals surface area contributed by atoms with Gasteiger partial charge in [-0.3, -0.25) is 19.2 Å². The van der Waals surface area contributed by atoms with Crippen molar-refractivity contribution >= 4 is 23.9 Å². The topological polar surface area (TPSA) is 127 Å². The number of hydrogen-bond donors (Lipinski definition) is 2. The molecule has 0 fully saturated rings. The summed E-state index contributed by atoms with van der Waals surface area (Å²) in [6.45, 7) is 0. The molecular formula is C14H24O8. The molecule has 0 saturated heterocycles. The Morgan fingerprint density at radius 3 is 1.23 bits per heavy atom. The molecule has 0 aromatic heterocycles. The summed E-state index contributed by atoms with van der Waals surface area (Å²) in [7, 11) is 2.16. The van der Waals surface area contributed by atoms with Crippen molar-refractivity contribution in [3.8, 4) is 0 Å². The van der Waals surface area contributed by atoms with Crippen molar-refractivity contribution in [3.05, 3.63) is 0 Å². The second-order valence-electron chi connectivity index (χ2n) is 3.35. The van der Waals surface area contributed by atoms with Crippen LogP contribution in [0, 0.1) is 0 Å². The van der Waals surface area contributed by atoms with Gasteiger partial charge in [-0.2, -0.15) is 0 Å². The Bertz CT molecular complexity index is 581. The maximum atomic E-state index is 10.9. The number of carboxylic acids is 2. The first-order valence-corrected chi connectivity index (χ1v) is 5.82. The van der Waals surface area contributed by atoms with Crippen LogP contribution in [0.3, 0.4) is 0 Å². The van der Waals surface area contributed by atoms with Crippen LogP contribution in [0.15, 0.2) is 0 Å². The lowest BCUT2D eigenvalue weighted by Gasteiger charge is -1.98. The number of carbonyl (C=O) groups is 4. The minimum Gasteiger partial charge on any atom is -0.481 e. The van der Waals surface area contributed by atoms with Crippen LogP contribution < -0.4 is 0 Å². The average molecular weight is 328 g/mol. The molecule has 8 heteroatoms. The molecule has 0 amide bonds. The van der Waals surface area contributed by atoms with E-state index in [2.05, 4.69) is 9.47 Å². The van der Waals surface area contributed by atoms with Gasteiger partial charge in [-0.05, 0) is 25.5 Å². The third-order valence-electron chi connectivity index (χ3n) is 1.65. The molecule has 0 aromatic rings. The van der Waals surface area contributed by atoms with Gasteiger partial charge in [0.05, 0.1) is 14.2 Å². The van der Waals surface area contributed by atoms with Crippen LogP contribution in [0.25, 0.3) is 0 Å². The maximum Gasteiger partial charge on any atom is 0.305 e. The number of carbonyl (C=O) groups excluding carboxylic acids is 2. The molecule has 2 N–H and O–H groups in total. The Balaban J connectivity index is 0. The van der Waals surface area contributed by atoms with Crippen molar-refractivity contribution in [2.45, 2.75) is 51.2 Å². The van der Waals surface area contributed by atoms with Gasteiger partial charge in [0, 0.05) is 36.6 Å². The number of methoxy groups -OCH3 is 2. The molecule has 0 spiro atoms. The quantitative estimate of drug-likeness (QED) is 0.579. The lowest BCUT2D eigenvalue weighted by Crippen LogP contribution is -2.02. The Morgan fingerprint density at radius 1 is 0.727 bits per heavy atom. The van der Waals surface area contributed by atoms with E-state index in [0.717, 1.165) is 14.2 Å². The highest BCUT2D eigenvalue weighted by Crippen LogP contribution is 2.01. The summed E-state index contributed by atoms with van der Waals surface area (Å²) >= 11 is 0. The molecule has 0 atom stereocenters. The highest BCUT2D eigenvalue weighted by atomic mass is 16.5. The van der Waals surface area contributed by atoms with Crippen molar-refractivity contribution in [1.82, 2.24) is 0 Å². The highest BCUT2D eigenvalue weighted by Gasteiger charge is 2.02. The number of aliphatic carboxylic acids is 2. The van der Waals surface area contributed by atoms with Crippen molar-refractivity contribution in [2.75, 3.05) is 14.2 Å². The van der Waals surface area contributed by atoms with Crippen LogP contribution in [0.4, 0.5) is 0 Å². The molecule has 8 nitrogen and oxygen atoms in total. The molecule has 0 bridgehead atoms. The van der Waals surface area contributed by atoms with E-state index >= 15 is 0 Å². The third-order valence-corrected chi connectivity index (χ3v) is 1.65. The predicted molar refractivity (Wildman–Crippen MR) is 76.2 cm³/mol. The molecule has 0 saturated carbocycles. The fraction of sp³-hybridized carbons (Fsp3) is 0.714. The van der Waals surface area contributed by atoms with Crippen molar-refractivity contribution in [2.24, 2.45) is 0 Å². The van der Waals surface area contributed by atoms with Crippen molar-refractivity contribution in [3.63, 3.8) is 0 Å². The first-order chi connectivity index (χ1) is 13.2. The Morgan fingerprint density at radius 2 is 1.00 bits per heavy atom. The average Bonchev–Trinajstić information content (AvgIpc) is 2.51. The molecule has 128 valence electrons. The van der Waals surface area contributed by atoms with Gasteiger partial charge < -0.3 is 19.7 Å². The van der Waals surface area contributed by atoms with Gasteiger partial charge in [0.2, 0.25) is 0 Å². The SMILES string of the molecule is [2H]C([2H])(CC(=O)O)C([2H])([2H])CC(=O)O.[2H]C([2H])(CC(=O)OC)C([2H])([2H])CC(=O)OC. The fourth-order valence-corrected chi connectivity index (χ4v) is 0.690. The van der Waals surface area contributed by atoms with E-state index in [1.807, 2.05) is 0 Å². The van der Waals surface area contributed by atoms with Crippen LogP contribution in [-0.4, -0.2) is 48.3 Å². The van der Waals surface area contributed by atoms with Crippen LogP contribution in [0.5, 0.6) is 0 Å². The summed E-state index contributed by atoms with van der Waals surface area (Å²) in [4.78, 5) is 42.2. The molecule has 0 unspecified atom stereocenters. The van der Waals surface area contributed by atoms with Crippen LogP contribution >= 0.6 is 0 Å². The largest absolute Gasteiger partial charge is 0.481 e. The normalized spacial score (nSPS) is 17.2. The predicted octanol–water partition coefficient (Wildman–Crippen LogP) is 1.61. The second kappa shape index (κ2) is 15.3. The van der Waals surface area contributed by atoms with Gasteiger partial charge in [0.25, 0.3) is 0 Å². The zero-order valence-corrected chi connectivity index (χ0v) is 12.2. The van der Waals surface area contributed by atoms with Crippen LogP contribution in [-0.2, 0) is 28.7 Å². The third kappa shape index (κ3) is 20.2. The first kappa shape index (κ1) is 10.6. The Hall–Kier alpha value is -2.12. The minimum atomic E-state index is -2.70. The van der Waals surface area contributed by atoms with E-state index in [-0.39, 0.29) is 0 Å². The summed E-state index contributed by atoms with van der Waals surface area (Å²) in [6, 6.07) is 0. The van der Waals surface area contributed by atoms with Gasteiger partial charge in [0.1, 0.15) is 0 Å². The molecule has 0 radical (unpaired) electrons. The zero-order chi connectivity index (χ0) is 24.6. The van der Waals surface area contributed by atoms with E-state index in [1.165, 1.54) is 0 Å². The summed E-state index contributed by atoms with van der Waals surface area (Å²) in [5.41, 5.74) is 0. The van der Waals surface area contributed by atoms with E-state index in [1.54, 1.807) is 0 Å². The van der Waals surface area contributed by atoms with E-state index in [9.17, 15) is 19.2 Å². The smallest absolute Gasteiger partial charge is 0.305 e. The molecule has 0 aliphatic carbocycles. The van der Waals surface area contributed by atoms with Crippen molar-refractivity contribution in [1.29, 1.82) is 0 Å². The van der Waals surface area contributed by atoms with Crippen LogP contribution in [0.1, 0.15) is 62.1 Å². The zero-order valence-electron chi connectivity index (χ0n) is 20.2. The molecule has 0 aromatic carbocycles. The molecule has 0 aliphatic heterocycles. The number of esters is 2. The minimum absolute atomic E-state index is 0.756. The first-order valence-electron chi connectivity index (χ1n) is 9.82. The number of carboxylic acid groups (broad SMARTS) is 2. The fourth-order valence-electron chi connectivity index (χ4n) is 0.690. The van der Waals surface area contributed by atoms with Crippen molar-refractivity contribution < 1.29 is 49.8 Å². The van der Waals surface area contributed by atoms with E-state index < -0.39 is 75.1 Å². The molecular weight excluding hydrogens is 296 g/mol. The molecule has 0 rings (SSSR count). The summed E-state index contributed by atoms with van der Waals surface area (Å²) in [6.07, 6.45) is -14.0. The molecule has 0 heterocycles. The number of hydrogen-bond acceptors (Lipinski definition) is 6. The van der Waals surface area contributed by atoms with E-state index in [0.29, 0.717) is 0 Å². The Labute approximate surface area is 140 Å². The lowest BCUT2D eigenvalue weighted by atomic mass is 10.2. The van der Waals surface area contributed by atoms with Gasteiger partial charge in [-0.1, -0.05) is 0 Å². The Kier molecular flexibility index (Phi) is 7.34. The molecule has 0 aliphatic rings. The summed E-state index contributed by atoms with van der Waals surface area (Å²) < 4.78 is 66.6. The number of ether oxygens (including phenoxy) is 2. The van der Waals surface area contributed by atoms with Gasteiger partial charge in [0.15, 0.2) is 0 Å². The van der Waals surface area contributed by atoms with Gasteiger partial charge >= 0.3 is 23.9 Å². The second-order valence-corrected chi connectivity index (χ2v) is 3.35. The standard InChI is InChI=1S/C8H14O4.C6H10O4/c1-11-7(9)5-3-4-6-8(10)12-2;7-5(8)3-1-2-4-6(9)10/h3-6H2,1-2H3;1-4H2,(H,7,8)(H,9,10)/i3D2,4D2;1D2,2D2. The van der Waals surface area contributed by atoms with Crippen LogP contribution in [0.2, 0.25) is 0 Å². The summed E-state index contributed by atoms with van der Waals surface area (Å²) in [5, 5.41) is 16.6. The highest BCUT2D eigenvalue weighted by molar-refractivity contribution is 5.70. The summed E-state index contributed by atoms with van der Waals surface area (Å²) in [5.74, 6) is -4.77. The van der Waals surface area contributed by atoms with Gasteiger partial charge in [-0.15, -0.1) is 0 Å². The molecule has 22 heavy (non-hydrogen) atoms. The lowest BCUT2D eigenvalue weighted by molar-refractivity contribution is -0.142. The number of rotatable bonds is 10. The monoisotopic (exact) mass is 328 g/mol.